The largest absolute Gasteiger partial charge is 0.355 e. The van der Waals surface area contributed by atoms with E-state index in [9.17, 15) is 4.79 Å². The minimum atomic E-state index is 0. The van der Waals surface area contributed by atoms with Gasteiger partial charge in [-0.3, -0.25) is 14.7 Å². The third-order valence-electron chi connectivity index (χ3n) is 4.90. The van der Waals surface area contributed by atoms with E-state index in [0.29, 0.717) is 12.1 Å². The van der Waals surface area contributed by atoms with Crippen LogP contribution in [0.3, 0.4) is 0 Å². The summed E-state index contributed by atoms with van der Waals surface area (Å²) in [5, 5.41) is 8.92. The topological polar surface area (TPSA) is 60.0 Å². The predicted octanol–water partition coefficient (Wildman–Crippen LogP) is 2.79. The molecule has 0 atom stereocenters. The van der Waals surface area contributed by atoms with Gasteiger partial charge in [0.05, 0.1) is 0 Å². The van der Waals surface area contributed by atoms with Gasteiger partial charge in [-0.1, -0.05) is 12.1 Å². The summed E-state index contributed by atoms with van der Waals surface area (Å²) in [7, 11) is 5.31. The summed E-state index contributed by atoms with van der Waals surface area (Å²) in [5.41, 5.74) is 3.29. The molecule has 2 aromatic rings. The highest BCUT2D eigenvalue weighted by molar-refractivity contribution is 14.0. The van der Waals surface area contributed by atoms with Crippen molar-refractivity contribution in [3.8, 4) is 0 Å². The van der Waals surface area contributed by atoms with Gasteiger partial charge in [0.1, 0.15) is 0 Å². The van der Waals surface area contributed by atoms with Gasteiger partial charge >= 0.3 is 0 Å². The highest BCUT2D eigenvalue weighted by Crippen LogP contribution is 2.23. The Bertz CT molecular complexity index is 819. The van der Waals surface area contributed by atoms with Crippen LogP contribution in [0.4, 0.5) is 0 Å². The Balaban J connectivity index is 0.00000300. The fraction of sp³-hybridized carbons (Fsp3) is 0.429. The second-order valence-corrected chi connectivity index (χ2v) is 8.14. The van der Waals surface area contributed by atoms with Crippen molar-refractivity contribution in [1.29, 1.82) is 0 Å². The number of carbonyl (C=O) groups is 1. The van der Waals surface area contributed by atoms with Gasteiger partial charge in [-0.15, -0.1) is 35.3 Å². The van der Waals surface area contributed by atoms with Gasteiger partial charge in [0.15, 0.2) is 5.96 Å². The Hall–Kier alpha value is -1.65. The van der Waals surface area contributed by atoms with Crippen LogP contribution in [0.5, 0.6) is 0 Å². The van der Waals surface area contributed by atoms with Gasteiger partial charge in [0.2, 0.25) is 0 Å². The van der Waals surface area contributed by atoms with E-state index in [2.05, 4.69) is 32.0 Å². The molecule has 29 heavy (non-hydrogen) atoms. The smallest absolute Gasteiger partial charge is 0.253 e. The number of nitrogens with zero attached hydrogens (tertiary/aromatic N) is 3. The van der Waals surface area contributed by atoms with Crippen LogP contribution in [0.25, 0.3) is 0 Å². The van der Waals surface area contributed by atoms with Crippen molar-refractivity contribution in [3.05, 3.63) is 57.3 Å². The van der Waals surface area contributed by atoms with Crippen molar-refractivity contribution in [1.82, 2.24) is 20.4 Å². The van der Waals surface area contributed by atoms with E-state index in [4.69, 9.17) is 0 Å². The number of thiophene rings is 1. The molecule has 1 aromatic carbocycles. The molecule has 0 spiro atoms. The Labute approximate surface area is 194 Å². The second-order valence-electron chi connectivity index (χ2n) is 7.14. The first-order valence-corrected chi connectivity index (χ1v) is 10.5. The molecule has 0 aliphatic carbocycles. The van der Waals surface area contributed by atoms with E-state index in [1.54, 1.807) is 30.9 Å². The zero-order valence-electron chi connectivity index (χ0n) is 17.3. The van der Waals surface area contributed by atoms with Crippen LogP contribution in [-0.2, 0) is 19.5 Å². The molecule has 8 heteroatoms. The molecule has 2 heterocycles. The SMILES string of the molecule is CN=C(NCCN1CCc2sccc2C1)NCc1ccc(C(=O)N(C)C)cc1.I. The molecule has 0 radical (unpaired) electrons. The lowest BCUT2D eigenvalue weighted by molar-refractivity contribution is 0.0827. The number of rotatable bonds is 6. The Morgan fingerprint density at radius 2 is 1.97 bits per heavy atom. The lowest BCUT2D eigenvalue weighted by Crippen LogP contribution is -2.42. The Kier molecular flexibility index (Phi) is 9.38. The first-order chi connectivity index (χ1) is 13.6. The zero-order valence-corrected chi connectivity index (χ0v) is 20.4. The normalized spacial score (nSPS) is 14.0. The molecule has 1 aliphatic heterocycles. The van der Waals surface area contributed by atoms with Crippen molar-refractivity contribution in [2.45, 2.75) is 19.5 Å². The molecule has 2 N–H and O–H groups in total. The van der Waals surface area contributed by atoms with E-state index >= 15 is 0 Å². The van der Waals surface area contributed by atoms with Crippen LogP contribution < -0.4 is 10.6 Å². The number of guanidine groups is 1. The summed E-state index contributed by atoms with van der Waals surface area (Å²) in [5.74, 6) is 0.811. The van der Waals surface area contributed by atoms with Crippen LogP contribution in [0.2, 0.25) is 0 Å². The molecule has 0 unspecified atom stereocenters. The Morgan fingerprint density at radius 3 is 2.66 bits per heavy atom. The molecular weight excluding hydrogens is 497 g/mol. The van der Waals surface area contributed by atoms with Gasteiger partial charge in [-0.2, -0.15) is 0 Å². The molecule has 3 rings (SSSR count). The zero-order chi connectivity index (χ0) is 19.9. The minimum absolute atomic E-state index is 0. The van der Waals surface area contributed by atoms with Crippen LogP contribution in [0.1, 0.15) is 26.4 Å². The van der Waals surface area contributed by atoms with E-state index in [1.165, 1.54) is 5.56 Å². The quantitative estimate of drug-likeness (QED) is 0.345. The summed E-state index contributed by atoms with van der Waals surface area (Å²) >= 11 is 1.88. The van der Waals surface area contributed by atoms with Gasteiger partial charge in [0.25, 0.3) is 5.91 Å². The number of benzene rings is 1. The molecule has 0 saturated heterocycles. The van der Waals surface area contributed by atoms with E-state index in [-0.39, 0.29) is 29.9 Å². The monoisotopic (exact) mass is 527 g/mol. The highest BCUT2D eigenvalue weighted by atomic mass is 127. The standard InChI is InChI=1S/C21H29N5OS.HI/c1-22-21(23-10-12-26-11-8-19-18(15-26)9-13-28-19)24-14-16-4-6-17(7-5-16)20(27)25(2)3;/h4-7,9,13H,8,10-12,14-15H2,1-3H3,(H2,22,23,24);1H. The predicted molar refractivity (Wildman–Crippen MR) is 131 cm³/mol. The molecule has 158 valence electrons. The van der Waals surface area contributed by atoms with Gasteiger partial charge in [-0.25, -0.2) is 0 Å². The van der Waals surface area contributed by atoms with E-state index in [1.807, 2.05) is 35.6 Å². The van der Waals surface area contributed by atoms with Crippen LogP contribution in [0, 0.1) is 0 Å². The van der Waals surface area contributed by atoms with Crippen molar-refractivity contribution in [2.75, 3.05) is 40.8 Å². The average molecular weight is 527 g/mol. The molecule has 0 saturated carbocycles. The summed E-state index contributed by atoms with van der Waals surface area (Å²) in [6.07, 6.45) is 1.16. The Morgan fingerprint density at radius 1 is 1.21 bits per heavy atom. The summed E-state index contributed by atoms with van der Waals surface area (Å²) in [6, 6.07) is 9.93. The molecule has 0 bridgehead atoms. The van der Waals surface area contributed by atoms with Crippen molar-refractivity contribution < 1.29 is 4.79 Å². The maximum atomic E-state index is 11.9. The number of hydrogen-bond acceptors (Lipinski definition) is 4. The second kappa shape index (κ2) is 11.5. The molecule has 0 fully saturated rings. The minimum Gasteiger partial charge on any atom is -0.355 e. The van der Waals surface area contributed by atoms with Gasteiger partial charge < -0.3 is 15.5 Å². The third kappa shape index (κ3) is 6.68. The summed E-state index contributed by atoms with van der Waals surface area (Å²) < 4.78 is 0. The van der Waals surface area contributed by atoms with Gasteiger partial charge in [-0.05, 0) is 41.1 Å². The van der Waals surface area contributed by atoms with Crippen LogP contribution >= 0.6 is 35.3 Å². The lowest BCUT2D eigenvalue weighted by Gasteiger charge is -2.27. The number of amides is 1. The number of nitrogens with one attached hydrogen (secondary N) is 2. The number of carbonyl (C=O) groups excluding carboxylic acids is 1. The van der Waals surface area contributed by atoms with Crippen LogP contribution in [0.15, 0.2) is 40.7 Å². The van der Waals surface area contributed by atoms with Crippen molar-refractivity contribution in [3.63, 3.8) is 0 Å². The highest BCUT2D eigenvalue weighted by Gasteiger charge is 2.16. The number of hydrogen-bond donors (Lipinski definition) is 2. The maximum absolute atomic E-state index is 11.9. The maximum Gasteiger partial charge on any atom is 0.253 e. The van der Waals surface area contributed by atoms with Crippen molar-refractivity contribution in [2.24, 2.45) is 4.99 Å². The summed E-state index contributed by atoms with van der Waals surface area (Å²) in [6.45, 7) is 4.69. The number of aliphatic imine (C=N–C) groups is 1. The van der Waals surface area contributed by atoms with Gasteiger partial charge in [0, 0.05) is 64.3 Å². The van der Waals surface area contributed by atoms with Crippen molar-refractivity contribution >= 4 is 47.2 Å². The average Bonchev–Trinajstić information content (AvgIpc) is 3.18. The first kappa shape index (κ1) is 23.6. The number of halogens is 1. The van der Waals surface area contributed by atoms with Crippen LogP contribution in [-0.4, -0.2) is 62.4 Å². The molecule has 1 aliphatic rings. The first-order valence-electron chi connectivity index (χ1n) is 9.59. The van der Waals surface area contributed by atoms with E-state index in [0.717, 1.165) is 44.1 Å². The van der Waals surface area contributed by atoms with E-state index < -0.39 is 0 Å². The lowest BCUT2D eigenvalue weighted by atomic mass is 10.1. The molecule has 1 amide bonds. The molecule has 1 aromatic heterocycles. The molecule has 6 nitrogen and oxygen atoms in total. The summed E-state index contributed by atoms with van der Waals surface area (Å²) in [4.78, 5) is 21.9. The fourth-order valence-electron chi connectivity index (χ4n) is 3.26. The third-order valence-corrected chi connectivity index (χ3v) is 5.92. The fourth-order valence-corrected chi connectivity index (χ4v) is 4.15. The number of fused-ring (bicyclic) bond motifs is 1. The molecular formula is C21H30IN5OS.